The molecule has 1 amide bonds. The van der Waals surface area contributed by atoms with Crippen molar-refractivity contribution in [2.45, 2.75) is 63.2 Å². The fourth-order valence-electron chi connectivity index (χ4n) is 6.82. The highest BCUT2D eigenvalue weighted by atomic mass is 16.5. The molecule has 0 unspecified atom stereocenters. The number of aromatic nitrogens is 1. The van der Waals surface area contributed by atoms with Crippen LogP contribution in [0.1, 0.15) is 48.7 Å². The highest BCUT2D eigenvalue weighted by Crippen LogP contribution is 2.53. The van der Waals surface area contributed by atoms with Crippen LogP contribution in [0.5, 0.6) is 5.75 Å². The van der Waals surface area contributed by atoms with Crippen LogP contribution in [0, 0.1) is 5.41 Å². The number of carbonyl (C=O) groups is 1. The molecule has 2 N–H and O–H groups in total. The van der Waals surface area contributed by atoms with Gasteiger partial charge in [0.05, 0.1) is 7.11 Å². The Morgan fingerprint density at radius 3 is 2.81 bits per heavy atom. The number of hydrogen-bond acceptors (Lipinski definition) is 3. The second-order valence-electron chi connectivity index (χ2n) is 10.1. The quantitative estimate of drug-likeness (QED) is 0.641. The molecule has 5 nitrogen and oxygen atoms in total. The van der Waals surface area contributed by atoms with Gasteiger partial charge in [-0.1, -0.05) is 43.3 Å². The van der Waals surface area contributed by atoms with Crippen molar-refractivity contribution < 1.29 is 9.53 Å². The number of fused-ring (bicyclic) bond motifs is 2. The summed E-state index contributed by atoms with van der Waals surface area (Å²) in [6.45, 7) is 2.40. The smallest absolute Gasteiger partial charge is 0.270 e. The standard InChI is InChI=1S/C27H31N3O2/c1-27-16-22-20(14-17-8-4-3-5-9-17)29-24(27)12-7-13-25(27)30(22)26(31)21-15-18-19(28-21)10-6-11-23(18)32-2/h3-6,8-11,15,20,22,24-25,28-29H,7,12-14,16H2,1-2H3/t20-,22+,24-,25+,27-/m1/s1. The zero-order valence-electron chi connectivity index (χ0n) is 18.8. The van der Waals surface area contributed by atoms with Crippen LogP contribution in [0.15, 0.2) is 54.6 Å². The summed E-state index contributed by atoms with van der Waals surface area (Å²) in [6.07, 6.45) is 5.51. The molecule has 0 spiro atoms. The van der Waals surface area contributed by atoms with Gasteiger partial charge in [0.2, 0.25) is 0 Å². The Morgan fingerprint density at radius 2 is 2.00 bits per heavy atom. The molecule has 3 aromatic rings. The molecular weight excluding hydrogens is 398 g/mol. The predicted octanol–water partition coefficient (Wildman–Crippen LogP) is 4.53. The molecule has 0 radical (unpaired) electrons. The van der Waals surface area contributed by atoms with Crippen LogP contribution in [0.3, 0.4) is 0 Å². The molecule has 5 atom stereocenters. The van der Waals surface area contributed by atoms with Gasteiger partial charge < -0.3 is 19.9 Å². The zero-order valence-corrected chi connectivity index (χ0v) is 18.8. The highest BCUT2D eigenvalue weighted by molar-refractivity contribution is 6.00. The molecule has 2 aromatic carbocycles. The summed E-state index contributed by atoms with van der Waals surface area (Å²) in [5, 5.41) is 4.96. The molecule has 2 saturated heterocycles. The van der Waals surface area contributed by atoms with E-state index in [0.717, 1.165) is 35.9 Å². The first-order valence-electron chi connectivity index (χ1n) is 11.9. The van der Waals surface area contributed by atoms with Gasteiger partial charge in [-0.2, -0.15) is 0 Å². The van der Waals surface area contributed by atoms with E-state index in [4.69, 9.17) is 4.74 Å². The molecular formula is C27H31N3O2. The molecule has 3 aliphatic rings. The lowest BCUT2D eigenvalue weighted by Gasteiger charge is -2.46. The number of aromatic amines is 1. The van der Waals surface area contributed by atoms with E-state index in [1.165, 1.54) is 18.4 Å². The van der Waals surface area contributed by atoms with Gasteiger partial charge in [0.15, 0.2) is 0 Å². The van der Waals surface area contributed by atoms with Gasteiger partial charge >= 0.3 is 0 Å². The molecule has 2 bridgehead atoms. The maximum absolute atomic E-state index is 14.0. The minimum Gasteiger partial charge on any atom is -0.496 e. The second-order valence-corrected chi connectivity index (χ2v) is 10.1. The van der Waals surface area contributed by atoms with E-state index >= 15 is 0 Å². The van der Waals surface area contributed by atoms with E-state index < -0.39 is 0 Å². The molecule has 166 valence electrons. The molecule has 3 heterocycles. The second kappa shape index (κ2) is 7.38. The SMILES string of the molecule is COc1cccc2[nH]c(C(=O)N3[C@H]4CCC[C@H]5N[C@H](Cc6ccccc6)[C@@H]3C[C@@]45C)cc12. The van der Waals surface area contributed by atoms with Crippen LogP contribution >= 0.6 is 0 Å². The van der Waals surface area contributed by atoms with E-state index in [0.29, 0.717) is 17.8 Å². The summed E-state index contributed by atoms with van der Waals surface area (Å²) in [5.74, 6) is 0.927. The number of likely N-dealkylation sites (tertiary alicyclic amines) is 1. The van der Waals surface area contributed by atoms with Gasteiger partial charge in [-0.05, 0) is 55.9 Å². The van der Waals surface area contributed by atoms with Crippen molar-refractivity contribution in [2.75, 3.05) is 7.11 Å². The van der Waals surface area contributed by atoms with Crippen molar-refractivity contribution in [3.05, 3.63) is 65.9 Å². The van der Waals surface area contributed by atoms with Gasteiger partial charge in [-0.25, -0.2) is 0 Å². The number of methoxy groups -OCH3 is 1. The average Bonchev–Trinajstić information content (AvgIpc) is 3.38. The lowest BCUT2D eigenvalue weighted by Crippen LogP contribution is -2.58. The van der Waals surface area contributed by atoms with Crippen LogP contribution in [0.2, 0.25) is 0 Å². The molecule has 1 aliphatic carbocycles. The third-order valence-electron chi connectivity index (χ3n) is 8.36. The van der Waals surface area contributed by atoms with Gasteiger partial charge in [-0.15, -0.1) is 0 Å². The number of benzene rings is 2. The normalized spacial score (nSPS) is 31.1. The maximum Gasteiger partial charge on any atom is 0.270 e. The maximum atomic E-state index is 14.0. The van der Waals surface area contributed by atoms with Crippen molar-refractivity contribution in [3.63, 3.8) is 0 Å². The number of carbonyl (C=O) groups excluding carboxylic acids is 1. The van der Waals surface area contributed by atoms with Crippen LogP contribution < -0.4 is 10.1 Å². The minimum absolute atomic E-state index is 0.129. The molecule has 1 aromatic heterocycles. The monoisotopic (exact) mass is 429 g/mol. The van der Waals surface area contributed by atoms with Crippen LogP contribution in [-0.2, 0) is 6.42 Å². The molecule has 5 heteroatoms. The Morgan fingerprint density at radius 1 is 1.16 bits per heavy atom. The van der Waals surface area contributed by atoms with Gasteiger partial charge in [0, 0.05) is 40.5 Å². The van der Waals surface area contributed by atoms with E-state index in [2.05, 4.69) is 52.5 Å². The van der Waals surface area contributed by atoms with E-state index in [1.54, 1.807) is 7.11 Å². The zero-order chi connectivity index (χ0) is 21.9. The lowest BCUT2D eigenvalue weighted by molar-refractivity contribution is 0.0554. The lowest BCUT2D eigenvalue weighted by atomic mass is 9.65. The highest BCUT2D eigenvalue weighted by Gasteiger charge is 2.61. The summed E-state index contributed by atoms with van der Waals surface area (Å²) in [6, 6.07) is 19.8. The van der Waals surface area contributed by atoms with Gasteiger partial charge in [0.1, 0.15) is 11.4 Å². The van der Waals surface area contributed by atoms with E-state index in [9.17, 15) is 4.79 Å². The van der Waals surface area contributed by atoms with Crippen molar-refractivity contribution in [1.82, 2.24) is 15.2 Å². The summed E-state index contributed by atoms with van der Waals surface area (Å²) in [7, 11) is 1.68. The Labute approximate surface area is 189 Å². The first-order valence-corrected chi connectivity index (χ1v) is 11.9. The Kier molecular flexibility index (Phi) is 4.58. The summed E-state index contributed by atoms with van der Waals surface area (Å²) in [5.41, 5.74) is 3.09. The number of hydrogen-bond donors (Lipinski definition) is 2. The first-order chi connectivity index (χ1) is 15.6. The molecule has 2 aliphatic heterocycles. The van der Waals surface area contributed by atoms with Crippen LogP contribution in [0.4, 0.5) is 0 Å². The number of amides is 1. The fourth-order valence-corrected chi connectivity index (χ4v) is 6.82. The number of nitrogens with zero attached hydrogens (tertiary/aromatic N) is 1. The Balaban J connectivity index is 1.38. The van der Waals surface area contributed by atoms with Gasteiger partial charge in [0.25, 0.3) is 5.91 Å². The predicted molar refractivity (Wildman–Crippen MR) is 126 cm³/mol. The van der Waals surface area contributed by atoms with Crippen LogP contribution in [0.25, 0.3) is 10.9 Å². The van der Waals surface area contributed by atoms with Crippen LogP contribution in [-0.4, -0.2) is 47.1 Å². The van der Waals surface area contributed by atoms with Gasteiger partial charge in [-0.3, -0.25) is 4.79 Å². The largest absolute Gasteiger partial charge is 0.496 e. The fraction of sp³-hybridized carbons (Fsp3) is 0.444. The third-order valence-corrected chi connectivity index (χ3v) is 8.36. The van der Waals surface area contributed by atoms with Crippen molar-refractivity contribution in [1.29, 1.82) is 0 Å². The van der Waals surface area contributed by atoms with Crippen molar-refractivity contribution in [2.24, 2.45) is 5.41 Å². The third kappa shape index (κ3) is 2.91. The van der Waals surface area contributed by atoms with Crippen molar-refractivity contribution >= 4 is 16.8 Å². The minimum atomic E-state index is 0.129. The first kappa shape index (κ1) is 19.9. The van der Waals surface area contributed by atoms with E-state index in [-0.39, 0.29) is 23.4 Å². The topological polar surface area (TPSA) is 57.4 Å². The number of ether oxygens (including phenoxy) is 1. The number of H-pyrrole nitrogens is 1. The number of nitrogens with one attached hydrogen (secondary N) is 2. The average molecular weight is 430 g/mol. The summed E-state index contributed by atoms with van der Waals surface area (Å²) in [4.78, 5) is 19.7. The Hall–Kier alpha value is -2.79. The van der Waals surface area contributed by atoms with Crippen molar-refractivity contribution in [3.8, 4) is 5.75 Å². The molecule has 3 fully saturated rings. The number of rotatable bonds is 4. The summed E-state index contributed by atoms with van der Waals surface area (Å²) >= 11 is 0. The van der Waals surface area contributed by atoms with E-state index in [1.807, 2.05) is 24.3 Å². The summed E-state index contributed by atoms with van der Waals surface area (Å²) < 4.78 is 5.53. The molecule has 32 heavy (non-hydrogen) atoms. The molecule has 6 rings (SSSR count). The Bertz CT molecular complexity index is 1160. The number of piperidine rings is 1. The molecule has 1 saturated carbocycles.